The predicted octanol–water partition coefficient (Wildman–Crippen LogP) is 4.41. The minimum atomic E-state index is -2.89. The fraction of sp³-hybridized carbons (Fsp3) is 0.793. The van der Waals surface area contributed by atoms with Gasteiger partial charge in [0, 0.05) is 13.1 Å². The van der Waals surface area contributed by atoms with E-state index in [0.29, 0.717) is 0 Å². The van der Waals surface area contributed by atoms with Crippen molar-refractivity contribution in [1.29, 1.82) is 0 Å². The van der Waals surface area contributed by atoms with E-state index >= 15 is 0 Å². The molecule has 4 atom stereocenters. The number of fused-ring (bicyclic) bond motifs is 1. The van der Waals surface area contributed by atoms with Crippen LogP contribution in [0.2, 0.25) is 24.2 Å². The van der Waals surface area contributed by atoms with Gasteiger partial charge in [0.1, 0.15) is 18.3 Å². The Morgan fingerprint density at radius 3 is 2.12 bits per heavy atom. The molecule has 1 N–H and O–H groups in total. The third-order valence-corrected chi connectivity index (χ3v) is 17.1. The lowest BCUT2D eigenvalue weighted by Crippen LogP contribution is -2.61. The van der Waals surface area contributed by atoms with Crippen LogP contribution in [0.3, 0.4) is 0 Å². The Morgan fingerprint density at radius 2 is 1.58 bits per heavy atom. The highest BCUT2D eigenvalue weighted by atomic mass is 28.5. The molecule has 2 saturated heterocycles. The molecule has 2 aliphatic heterocycles. The molecule has 1 aromatic heterocycles. The maximum absolute atomic E-state index is 13.2. The summed E-state index contributed by atoms with van der Waals surface area (Å²) in [5.74, 6) is -1.07. The molecule has 0 spiro atoms. The van der Waals surface area contributed by atoms with Crippen molar-refractivity contribution in [3.8, 4) is 0 Å². The van der Waals surface area contributed by atoms with Gasteiger partial charge in [-0.05, 0) is 44.9 Å². The van der Waals surface area contributed by atoms with Gasteiger partial charge in [0.05, 0.1) is 17.6 Å². The maximum atomic E-state index is 13.2. The second kappa shape index (κ2) is 14.8. The molecule has 3 rings (SSSR count). The summed E-state index contributed by atoms with van der Waals surface area (Å²) in [6, 6.07) is 3.16. The van der Waals surface area contributed by atoms with E-state index in [1.54, 1.807) is 20.8 Å². The first-order valence-electron chi connectivity index (χ1n) is 15.6. The number of ether oxygens (including phenoxy) is 3. The van der Waals surface area contributed by atoms with Gasteiger partial charge in [0.2, 0.25) is 0 Å². The summed E-state index contributed by atoms with van der Waals surface area (Å²) in [5, 5.41) is 0. The Balaban J connectivity index is 2.08. The Kier molecular flexibility index (Phi) is 12.2. The standard InChI is InChI=1S/C29H50N2O10Si2/c1-9-13-42(14-10-2)37-18-22-24(40-43(41-42,15-11-3)16-12-4)25(38-20(5)32)23(39-22)21-17-31(28(35)30-26(21)33)19-36-27(34)29(6,7)8/h17,22-25H,9-16,18-19H2,1-8H3,(H,30,33,35)/t22-,23+,24-,25+/m1/s1. The van der Waals surface area contributed by atoms with Gasteiger partial charge in [0.25, 0.3) is 5.56 Å². The number of esters is 2. The van der Waals surface area contributed by atoms with Gasteiger partial charge in [-0.2, -0.15) is 0 Å². The SMILES string of the molecule is CCC[Si]1(CCC)OC[C@H]2O[C@@H](c3cn(COC(=O)C(C)(C)C)c(=O)[nH]c3=O)[C@H](OC(C)=O)[C@@H]2O[Si](CCC)(CCC)O1. The average Bonchev–Trinajstić information content (AvgIpc) is 3.21. The molecule has 14 heteroatoms. The van der Waals surface area contributed by atoms with Crippen LogP contribution in [0.25, 0.3) is 0 Å². The number of rotatable bonds is 12. The summed E-state index contributed by atoms with van der Waals surface area (Å²) in [7, 11) is -5.56. The maximum Gasteiger partial charge on any atom is 0.331 e. The third-order valence-electron chi connectivity index (χ3n) is 7.66. The zero-order valence-corrected chi connectivity index (χ0v) is 29.0. The lowest BCUT2D eigenvalue weighted by Gasteiger charge is -2.45. The van der Waals surface area contributed by atoms with E-state index < -0.39 is 76.9 Å². The summed E-state index contributed by atoms with van der Waals surface area (Å²) in [6.07, 6.45) is 1.40. The van der Waals surface area contributed by atoms with E-state index in [4.69, 9.17) is 27.2 Å². The van der Waals surface area contributed by atoms with Crippen LogP contribution in [0.15, 0.2) is 15.8 Å². The van der Waals surface area contributed by atoms with Gasteiger partial charge in [0.15, 0.2) is 12.8 Å². The van der Waals surface area contributed by atoms with Crippen LogP contribution in [0.5, 0.6) is 0 Å². The summed E-state index contributed by atoms with van der Waals surface area (Å²) in [4.78, 5) is 52.8. The van der Waals surface area contributed by atoms with Crippen molar-refractivity contribution in [1.82, 2.24) is 9.55 Å². The largest absolute Gasteiger partial charge is 0.457 e. The van der Waals surface area contributed by atoms with Gasteiger partial charge < -0.3 is 27.2 Å². The molecule has 0 aromatic carbocycles. The molecule has 43 heavy (non-hydrogen) atoms. The van der Waals surface area contributed by atoms with Gasteiger partial charge in [-0.15, -0.1) is 0 Å². The zero-order valence-electron chi connectivity index (χ0n) is 27.0. The normalized spacial score (nSPS) is 24.9. The van der Waals surface area contributed by atoms with E-state index in [9.17, 15) is 19.2 Å². The second-order valence-corrected chi connectivity index (χ2v) is 19.6. The van der Waals surface area contributed by atoms with Crippen LogP contribution >= 0.6 is 0 Å². The highest BCUT2D eigenvalue weighted by Crippen LogP contribution is 2.43. The first-order valence-corrected chi connectivity index (χ1v) is 20.0. The molecule has 0 amide bonds. The monoisotopic (exact) mass is 642 g/mol. The van der Waals surface area contributed by atoms with E-state index in [1.165, 1.54) is 13.1 Å². The van der Waals surface area contributed by atoms with Crippen molar-refractivity contribution >= 4 is 29.1 Å². The van der Waals surface area contributed by atoms with E-state index in [0.717, 1.165) is 54.4 Å². The number of aromatic amines is 1. The molecule has 2 fully saturated rings. The molecule has 2 aliphatic rings. The molecule has 3 heterocycles. The summed E-state index contributed by atoms with van der Waals surface area (Å²) >= 11 is 0. The number of carbonyl (C=O) groups is 2. The van der Waals surface area contributed by atoms with E-state index in [2.05, 4.69) is 32.7 Å². The van der Waals surface area contributed by atoms with Crippen molar-refractivity contribution in [3.63, 3.8) is 0 Å². The fourth-order valence-corrected chi connectivity index (χ4v) is 16.0. The highest BCUT2D eigenvalue weighted by molar-refractivity contribution is 6.81. The molecule has 1 aromatic rings. The molecule has 244 valence electrons. The van der Waals surface area contributed by atoms with Crippen LogP contribution in [-0.4, -0.2) is 63.5 Å². The minimum absolute atomic E-state index is 0.0535. The molecule has 0 unspecified atom stereocenters. The Hall–Kier alpha value is -2.11. The lowest BCUT2D eigenvalue weighted by molar-refractivity contribution is -0.157. The van der Waals surface area contributed by atoms with Gasteiger partial charge in [-0.3, -0.25) is 23.9 Å². The Morgan fingerprint density at radius 1 is 1.00 bits per heavy atom. The van der Waals surface area contributed by atoms with Crippen molar-refractivity contribution < 1.29 is 36.8 Å². The Bertz CT molecular complexity index is 1210. The van der Waals surface area contributed by atoms with Crippen LogP contribution in [0.1, 0.15) is 92.7 Å². The fourth-order valence-electron chi connectivity index (χ4n) is 5.86. The molecule has 0 radical (unpaired) electrons. The molecule has 0 saturated carbocycles. The minimum Gasteiger partial charge on any atom is -0.457 e. The number of carbonyl (C=O) groups excluding carboxylic acids is 2. The van der Waals surface area contributed by atoms with Crippen LogP contribution < -0.4 is 11.2 Å². The molecule has 0 aliphatic carbocycles. The van der Waals surface area contributed by atoms with Gasteiger partial charge in [-0.1, -0.05) is 53.4 Å². The number of nitrogens with one attached hydrogen (secondary N) is 1. The molecule has 12 nitrogen and oxygen atoms in total. The smallest absolute Gasteiger partial charge is 0.331 e. The van der Waals surface area contributed by atoms with Gasteiger partial charge in [-0.25, -0.2) is 4.79 Å². The first kappa shape index (κ1) is 35.4. The number of hydrogen-bond acceptors (Lipinski definition) is 10. The highest BCUT2D eigenvalue weighted by Gasteiger charge is 2.58. The van der Waals surface area contributed by atoms with Crippen LogP contribution in [-0.2, 0) is 43.5 Å². The van der Waals surface area contributed by atoms with Crippen molar-refractivity contribution in [2.24, 2.45) is 5.41 Å². The average molecular weight is 643 g/mol. The zero-order chi connectivity index (χ0) is 32.0. The third kappa shape index (κ3) is 8.54. The van der Waals surface area contributed by atoms with E-state index in [1.807, 2.05) is 0 Å². The number of nitrogens with zero attached hydrogens (tertiary/aromatic N) is 1. The number of aromatic nitrogens is 2. The van der Waals surface area contributed by atoms with Crippen LogP contribution in [0, 0.1) is 5.41 Å². The predicted molar refractivity (Wildman–Crippen MR) is 164 cm³/mol. The topological polar surface area (TPSA) is 144 Å². The number of hydrogen-bond donors (Lipinski definition) is 1. The second-order valence-electron chi connectivity index (χ2n) is 12.6. The molecular formula is C29H50N2O10Si2. The van der Waals surface area contributed by atoms with Crippen molar-refractivity contribution in [2.75, 3.05) is 6.61 Å². The van der Waals surface area contributed by atoms with E-state index in [-0.39, 0.29) is 12.2 Å². The van der Waals surface area contributed by atoms with Crippen molar-refractivity contribution in [2.45, 2.75) is 136 Å². The molecular weight excluding hydrogens is 592 g/mol. The van der Waals surface area contributed by atoms with Gasteiger partial charge >= 0.3 is 34.8 Å². The summed E-state index contributed by atoms with van der Waals surface area (Å²) in [5.41, 5.74) is -2.16. The first-order chi connectivity index (χ1) is 20.2. The summed E-state index contributed by atoms with van der Waals surface area (Å²) < 4.78 is 39.6. The molecule has 0 bridgehead atoms. The van der Waals surface area contributed by atoms with Crippen LogP contribution in [0.4, 0.5) is 0 Å². The summed E-state index contributed by atoms with van der Waals surface area (Å²) in [6.45, 7) is 14.6. The quantitative estimate of drug-likeness (QED) is 0.257. The van der Waals surface area contributed by atoms with Crippen molar-refractivity contribution in [3.05, 3.63) is 32.6 Å². The number of H-pyrrole nitrogens is 1. The lowest BCUT2D eigenvalue weighted by atomic mass is 9.98. The Labute approximate surface area is 256 Å².